The van der Waals surface area contributed by atoms with Crippen molar-refractivity contribution in [2.24, 2.45) is 0 Å². The number of para-hydroxylation sites is 1. The van der Waals surface area contributed by atoms with Crippen molar-refractivity contribution in [3.8, 4) is 5.75 Å². The highest BCUT2D eigenvalue weighted by Gasteiger charge is 2.24. The molecule has 0 amide bonds. The number of ether oxygens (including phenoxy) is 1. The summed E-state index contributed by atoms with van der Waals surface area (Å²) in [7, 11) is 0. The van der Waals surface area contributed by atoms with E-state index in [0.717, 1.165) is 0 Å². The standard InChI is InChI=1S/C28H22FNO5/c1-3-33-19-11-8-17(9-12-19)26(32)28-25(20-6-4-5-7-23(20)35-28)30-15-22(31)27-16(2)21-14-18(29)10-13-24(21)34-27/h4-14,30H,3,15H2,1-2H3. The third-order valence-corrected chi connectivity index (χ3v) is 5.81. The zero-order valence-electron chi connectivity index (χ0n) is 19.2. The van der Waals surface area contributed by atoms with Gasteiger partial charge in [-0.25, -0.2) is 4.39 Å². The predicted molar refractivity (Wildman–Crippen MR) is 131 cm³/mol. The molecule has 5 rings (SSSR count). The van der Waals surface area contributed by atoms with Gasteiger partial charge in [0.15, 0.2) is 11.5 Å². The first-order valence-corrected chi connectivity index (χ1v) is 11.2. The van der Waals surface area contributed by atoms with E-state index >= 15 is 0 Å². The van der Waals surface area contributed by atoms with Crippen LogP contribution < -0.4 is 10.1 Å². The van der Waals surface area contributed by atoms with Gasteiger partial charge in [0.2, 0.25) is 11.6 Å². The fraction of sp³-hybridized carbons (Fsp3) is 0.143. The van der Waals surface area contributed by atoms with Crippen LogP contribution in [0, 0.1) is 12.7 Å². The molecule has 5 aromatic rings. The molecule has 0 aliphatic rings. The third-order valence-electron chi connectivity index (χ3n) is 5.81. The van der Waals surface area contributed by atoms with Crippen LogP contribution in [-0.4, -0.2) is 24.7 Å². The second-order valence-corrected chi connectivity index (χ2v) is 8.06. The minimum Gasteiger partial charge on any atom is -0.494 e. The molecule has 6 nitrogen and oxygen atoms in total. The van der Waals surface area contributed by atoms with E-state index in [1.54, 1.807) is 37.3 Å². The Balaban J connectivity index is 1.45. The summed E-state index contributed by atoms with van der Waals surface area (Å²) in [5, 5.41) is 4.31. The van der Waals surface area contributed by atoms with Crippen LogP contribution in [0.15, 0.2) is 75.6 Å². The number of hydrogen-bond donors (Lipinski definition) is 1. The van der Waals surface area contributed by atoms with E-state index < -0.39 is 5.82 Å². The monoisotopic (exact) mass is 471 g/mol. The second-order valence-electron chi connectivity index (χ2n) is 8.06. The molecule has 0 radical (unpaired) electrons. The van der Waals surface area contributed by atoms with Gasteiger partial charge in [0, 0.05) is 21.9 Å². The number of nitrogens with one attached hydrogen (secondary N) is 1. The average molecular weight is 471 g/mol. The van der Waals surface area contributed by atoms with E-state index in [-0.39, 0.29) is 29.6 Å². The van der Waals surface area contributed by atoms with Crippen LogP contribution in [0.3, 0.4) is 0 Å². The number of benzene rings is 3. The molecule has 2 aromatic heterocycles. The Labute approximate surface area is 200 Å². The van der Waals surface area contributed by atoms with Gasteiger partial charge in [-0.05, 0) is 68.4 Å². The van der Waals surface area contributed by atoms with E-state index in [2.05, 4.69) is 5.32 Å². The molecule has 2 heterocycles. The van der Waals surface area contributed by atoms with Crippen molar-refractivity contribution in [1.82, 2.24) is 0 Å². The normalized spacial score (nSPS) is 11.2. The number of ketones is 2. The number of aryl methyl sites for hydroxylation is 1. The number of fused-ring (bicyclic) bond motifs is 2. The molecule has 176 valence electrons. The largest absolute Gasteiger partial charge is 0.494 e. The van der Waals surface area contributed by atoms with Crippen molar-refractivity contribution in [2.45, 2.75) is 13.8 Å². The molecule has 3 aromatic carbocycles. The summed E-state index contributed by atoms with van der Waals surface area (Å²) < 4.78 is 30.7. The topological polar surface area (TPSA) is 81.7 Å². The number of furan rings is 2. The van der Waals surface area contributed by atoms with E-state index in [1.807, 2.05) is 25.1 Å². The highest BCUT2D eigenvalue weighted by atomic mass is 19.1. The number of Topliss-reactive ketones (excluding diaryl/α,β-unsaturated/α-hetero) is 1. The van der Waals surface area contributed by atoms with Gasteiger partial charge in [-0.1, -0.05) is 12.1 Å². The quantitative estimate of drug-likeness (QED) is 0.258. The van der Waals surface area contributed by atoms with Crippen LogP contribution in [0.4, 0.5) is 10.1 Å². The minimum absolute atomic E-state index is 0.103. The van der Waals surface area contributed by atoms with Crippen molar-refractivity contribution in [1.29, 1.82) is 0 Å². The summed E-state index contributed by atoms with van der Waals surface area (Å²) in [6.45, 7) is 3.99. The Morgan fingerprint density at radius 2 is 1.63 bits per heavy atom. The van der Waals surface area contributed by atoms with Gasteiger partial charge in [0.25, 0.3) is 0 Å². The van der Waals surface area contributed by atoms with Crippen LogP contribution >= 0.6 is 0 Å². The molecular formula is C28H22FNO5. The van der Waals surface area contributed by atoms with E-state index in [0.29, 0.717) is 51.1 Å². The molecule has 1 N–H and O–H groups in total. The van der Waals surface area contributed by atoms with Crippen LogP contribution in [0.1, 0.15) is 39.2 Å². The molecular weight excluding hydrogens is 449 g/mol. The first-order valence-electron chi connectivity index (χ1n) is 11.2. The summed E-state index contributed by atoms with van der Waals surface area (Å²) in [5.74, 6) is -0.144. The van der Waals surface area contributed by atoms with Crippen molar-refractivity contribution < 1.29 is 27.6 Å². The van der Waals surface area contributed by atoms with Crippen LogP contribution in [0.5, 0.6) is 5.75 Å². The molecule has 0 spiro atoms. The Morgan fingerprint density at radius 1 is 0.914 bits per heavy atom. The molecule has 7 heteroatoms. The van der Waals surface area contributed by atoms with Gasteiger partial charge in [-0.3, -0.25) is 9.59 Å². The van der Waals surface area contributed by atoms with Gasteiger partial charge in [-0.15, -0.1) is 0 Å². The van der Waals surface area contributed by atoms with Crippen molar-refractivity contribution in [3.05, 3.63) is 95.2 Å². The van der Waals surface area contributed by atoms with Gasteiger partial charge < -0.3 is 18.9 Å². The lowest BCUT2D eigenvalue weighted by Gasteiger charge is -2.07. The number of carbonyl (C=O) groups is 2. The molecule has 35 heavy (non-hydrogen) atoms. The van der Waals surface area contributed by atoms with Crippen molar-refractivity contribution >= 4 is 39.2 Å². The van der Waals surface area contributed by atoms with Gasteiger partial charge >= 0.3 is 0 Å². The molecule has 0 fully saturated rings. The molecule has 0 unspecified atom stereocenters. The zero-order chi connectivity index (χ0) is 24.5. The van der Waals surface area contributed by atoms with Gasteiger partial charge in [0.1, 0.15) is 22.7 Å². The third kappa shape index (κ3) is 4.17. The van der Waals surface area contributed by atoms with Gasteiger partial charge in [-0.2, -0.15) is 0 Å². The van der Waals surface area contributed by atoms with Crippen LogP contribution in [0.25, 0.3) is 21.9 Å². The van der Waals surface area contributed by atoms with Crippen molar-refractivity contribution in [2.75, 3.05) is 18.5 Å². The molecule has 0 bridgehead atoms. The molecule has 0 aliphatic carbocycles. The lowest BCUT2D eigenvalue weighted by molar-refractivity contribution is 0.0977. The molecule has 0 saturated carbocycles. The Bertz CT molecular complexity index is 1560. The first kappa shape index (κ1) is 22.4. The Hall–Kier alpha value is -4.39. The molecule has 0 aliphatic heterocycles. The van der Waals surface area contributed by atoms with Crippen LogP contribution in [0.2, 0.25) is 0 Å². The fourth-order valence-electron chi connectivity index (χ4n) is 4.09. The molecule has 0 saturated heterocycles. The highest BCUT2D eigenvalue weighted by molar-refractivity contribution is 6.15. The van der Waals surface area contributed by atoms with E-state index in [9.17, 15) is 14.0 Å². The maximum atomic E-state index is 13.6. The van der Waals surface area contributed by atoms with E-state index in [1.165, 1.54) is 18.2 Å². The maximum Gasteiger partial charge on any atom is 0.230 e. The minimum atomic E-state index is -0.402. The zero-order valence-corrected chi connectivity index (χ0v) is 19.2. The average Bonchev–Trinajstić information content (AvgIpc) is 3.40. The number of hydrogen-bond acceptors (Lipinski definition) is 6. The SMILES string of the molecule is CCOc1ccc(C(=O)c2oc3ccccc3c2NCC(=O)c2oc3ccc(F)cc3c2C)cc1. The van der Waals surface area contributed by atoms with Crippen LogP contribution in [-0.2, 0) is 0 Å². The summed E-state index contributed by atoms with van der Waals surface area (Å²) >= 11 is 0. The first-order chi connectivity index (χ1) is 17.0. The Kier molecular flexibility index (Phi) is 5.82. The number of rotatable bonds is 8. The maximum absolute atomic E-state index is 13.6. The number of anilines is 1. The lowest BCUT2D eigenvalue weighted by Crippen LogP contribution is -2.16. The van der Waals surface area contributed by atoms with Crippen molar-refractivity contribution in [3.63, 3.8) is 0 Å². The Morgan fingerprint density at radius 3 is 2.40 bits per heavy atom. The smallest absolute Gasteiger partial charge is 0.230 e. The van der Waals surface area contributed by atoms with Gasteiger partial charge in [0.05, 0.1) is 18.8 Å². The summed E-state index contributed by atoms with van der Waals surface area (Å²) in [5.41, 5.74) is 2.37. The number of carbonyl (C=O) groups excluding carboxylic acids is 2. The second kappa shape index (κ2) is 9.10. The summed E-state index contributed by atoms with van der Waals surface area (Å²) in [6.07, 6.45) is 0. The summed E-state index contributed by atoms with van der Waals surface area (Å²) in [4.78, 5) is 26.3. The van der Waals surface area contributed by atoms with E-state index in [4.69, 9.17) is 13.6 Å². The summed E-state index contributed by atoms with van der Waals surface area (Å²) in [6, 6.07) is 18.1. The predicted octanol–water partition coefficient (Wildman–Crippen LogP) is 6.55. The fourth-order valence-corrected chi connectivity index (χ4v) is 4.09. The highest BCUT2D eigenvalue weighted by Crippen LogP contribution is 2.33. The number of halogens is 1. The lowest BCUT2D eigenvalue weighted by atomic mass is 10.1. The molecule has 0 atom stereocenters.